The molecule has 0 unspecified atom stereocenters. The summed E-state index contributed by atoms with van der Waals surface area (Å²) in [7, 11) is 0. The predicted molar refractivity (Wildman–Crippen MR) is 98.3 cm³/mol. The van der Waals surface area contributed by atoms with Gasteiger partial charge in [0.15, 0.2) is 11.6 Å². The van der Waals surface area contributed by atoms with Gasteiger partial charge in [-0.3, -0.25) is 0 Å². The lowest BCUT2D eigenvalue weighted by Gasteiger charge is -2.37. The lowest BCUT2D eigenvalue weighted by atomic mass is 9.68. The SMILES string of the molecule is CC.Cc1ccc(F)c(F)c1C1CCC(C2CCC(C)CC2)CC1. The lowest BCUT2D eigenvalue weighted by molar-refractivity contribution is 0.164. The summed E-state index contributed by atoms with van der Waals surface area (Å²) in [5.41, 5.74) is 1.56. The third-order valence-corrected chi connectivity index (χ3v) is 6.26. The normalized spacial score (nSPS) is 30.4. The minimum absolute atomic E-state index is 0.217. The average Bonchev–Trinajstić information content (AvgIpc) is 2.62. The molecule has 0 heterocycles. The van der Waals surface area contributed by atoms with Crippen molar-refractivity contribution < 1.29 is 8.78 Å². The maximum Gasteiger partial charge on any atom is 0.162 e. The molecular formula is C22H34F2. The number of rotatable bonds is 2. The van der Waals surface area contributed by atoms with Crippen LogP contribution >= 0.6 is 0 Å². The van der Waals surface area contributed by atoms with Crippen LogP contribution in [0.2, 0.25) is 0 Å². The van der Waals surface area contributed by atoms with E-state index < -0.39 is 11.6 Å². The fourth-order valence-electron chi connectivity index (χ4n) is 4.80. The molecule has 0 bridgehead atoms. The van der Waals surface area contributed by atoms with Crippen LogP contribution in [-0.4, -0.2) is 0 Å². The van der Waals surface area contributed by atoms with Crippen LogP contribution < -0.4 is 0 Å². The van der Waals surface area contributed by atoms with E-state index >= 15 is 0 Å². The van der Waals surface area contributed by atoms with Crippen molar-refractivity contribution >= 4 is 0 Å². The van der Waals surface area contributed by atoms with Crippen LogP contribution in [0.3, 0.4) is 0 Å². The van der Waals surface area contributed by atoms with E-state index in [2.05, 4.69) is 6.92 Å². The summed E-state index contributed by atoms with van der Waals surface area (Å²) in [6, 6.07) is 2.98. The second kappa shape index (κ2) is 8.97. The molecule has 1 aromatic carbocycles. The molecule has 0 aromatic heterocycles. The molecule has 3 rings (SSSR count). The van der Waals surface area contributed by atoms with E-state index in [0.29, 0.717) is 5.56 Å². The molecular weight excluding hydrogens is 302 g/mol. The van der Waals surface area contributed by atoms with Gasteiger partial charge in [-0.1, -0.05) is 39.7 Å². The Hall–Kier alpha value is -0.920. The molecule has 0 N–H and O–H groups in total. The quantitative estimate of drug-likeness (QED) is 0.528. The zero-order chi connectivity index (χ0) is 17.7. The van der Waals surface area contributed by atoms with Crippen LogP contribution in [-0.2, 0) is 0 Å². The maximum atomic E-state index is 14.2. The van der Waals surface area contributed by atoms with Gasteiger partial charge in [0.2, 0.25) is 0 Å². The van der Waals surface area contributed by atoms with Crippen LogP contribution in [0.5, 0.6) is 0 Å². The summed E-state index contributed by atoms with van der Waals surface area (Å²) in [6.07, 6.45) is 9.95. The largest absolute Gasteiger partial charge is 0.204 e. The molecule has 24 heavy (non-hydrogen) atoms. The molecule has 2 aliphatic rings. The minimum Gasteiger partial charge on any atom is -0.204 e. The first-order valence-electron chi connectivity index (χ1n) is 10.0. The molecule has 136 valence electrons. The lowest BCUT2D eigenvalue weighted by Crippen LogP contribution is -2.25. The average molecular weight is 337 g/mol. The second-order valence-electron chi connectivity index (χ2n) is 7.72. The molecule has 0 spiro atoms. The van der Waals surface area contributed by atoms with Gasteiger partial charge in [0.25, 0.3) is 0 Å². The minimum atomic E-state index is -0.691. The van der Waals surface area contributed by atoms with Gasteiger partial charge in [-0.15, -0.1) is 0 Å². The molecule has 2 fully saturated rings. The Labute approximate surface area is 147 Å². The Bertz CT molecular complexity index is 507. The van der Waals surface area contributed by atoms with Gasteiger partial charge < -0.3 is 0 Å². The van der Waals surface area contributed by atoms with E-state index in [-0.39, 0.29) is 5.92 Å². The van der Waals surface area contributed by atoms with Gasteiger partial charge in [-0.2, -0.15) is 0 Å². The Morgan fingerprint density at radius 1 is 0.792 bits per heavy atom. The molecule has 0 amide bonds. The highest BCUT2D eigenvalue weighted by Gasteiger charge is 2.32. The van der Waals surface area contributed by atoms with Crippen LogP contribution in [0.15, 0.2) is 12.1 Å². The molecule has 0 radical (unpaired) electrons. The maximum absolute atomic E-state index is 14.2. The van der Waals surface area contributed by atoms with Crippen LogP contribution in [0, 0.1) is 36.3 Å². The molecule has 2 heteroatoms. The summed E-state index contributed by atoms with van der Waals surface area (Å²) < 4.78 is 27.7. The third kappa shape index (κ3) is 4.37. The van der Waals surface area contributed by atoms with Crippen molar-refractivity contribution in [2.45, 2.75) is 85.0 Å². The van der Waals surface area contributed by atoms with Gasteiger partial charge in [-0.25, -0.2) is 8.78 Å². The Kier molecular flexibility index (Phi) is 7.25. The summed E-state index contributed by atoms with van der Waals surface area (Å²) in [4.78, 5) is 0. The number of hydrogen-bond donors (Lipinski definition) is 0. The highest BCUT2D eigenvalue weighted by atomic mass is 19.2. The second-order valence-corrected chi connectivity index (χ2v) is 7.72. The van der Waals surface area contributed by atoms with E-state index in [4.69, 9.17) is 0 Å². The van der Waals surface area contributed by atoms with E-state index in [1.54, 1.807) is 6.07 Å². The van der Waals surface area contributed by atoms with Crippen molar-refractivity contribution in [1.82, 2.24) is 0 Å². The number of halogens is 2. The fraction of sp³-hybridized carbons (Fsp3) is 0.727. The number of benzene rings is 1. The smallest absolute Gasteiger partial charge is 0.162 e. The number of aryl methyl sites for hydroxylation is 1. The Morgan fingerprint density at radius 2 is 1.29 bits per heavy atom. The predicted octanol–water partition coefficient (Wildman–Crippen LogP) is 7.40. The van der Waals surface area contributed by atoms with Gasteiger partial charge in [0, 0.05) is 0 Å². The van der Waals surface area contributed by atoms with Crippen LogP contribution in [0.4, 0.5) is 8.78 Å². The van der Waals surface area contributed by atoms with Gasteiger partial charge in [0.05, 0.1) is 0 Å². The summed E-state index contributed by atoms with van der Waals surface area (Å²) in [6.45, 7) is 8.27. The number of hydrogen-bond acceptors (Lipinski definition) is 0. The monoisotopic (exact) mass is 336 g/mol. The van der Waals surface area contributed by atoms with E-state index in [0.717, 1.165) is 36.2 Å². The molecule has 1 aromatic rings. The highest BCUT2D eigenvalue weighted by Crippen LogP contribution is 2.44. The van der Waals surface area contributed by atoms with E-state index in [9.17, 15) is 8.78 Å². The summed E-state index contributed by atoms with van der Waals surface area (Å²) in [5, 5.41) is 0. The first kappa shape index (κ1) is 19.4. The van der Waals surface area contributed by atoms with E-state index in [1.807, 2.05) is 20.8 Å². The van der Waals surface area contributed by atoms with Crippen molar-refractivity contribution in [3.05, 3.63) is 34.9 Å². The molecule has 0 saturated heterocycles. The van der Waals surface area contributed by atoms with Gasteiger partial charge in [0.1, 0.15) is 0 Å². The molecule has 0 aliphatic heterocycles. The molecule has 0 nitrogen and oxygen atoms in total. The topological polar surface area (TPSA) is 0 Å². The Balaban J connectivity index is 0.00000100. The zero-order valence-corrected chi connectivity index (χ0v) is 15.9. The standard InChI is InChI=1S/C20H28F2.C2H6/c1-13-3-6-15(7-4-13)16-8-10-17(11-9-16)19-14(2)5-12-18(21)20(19)22;1-2/h5,12-13,15-17H,3-4,6-11H2,1-2H3;1-2H3. The fourth-order valence-corrected chi connectivity index (χ4v) is 4.80. The highest BCUT2D eigenvalue weighted by molar-refractivity contribution is 5.32. The van der Waals surface area contributed by atoms with E-state index in [1.165, 1.54) is 44.6 Å². The van der Waals surface area contributed by atoms with Crippen molar-refractivity contribution in [3.8, 4) is 0 Å². The zero-order valence-electron chi connectivity index (χ0n) is 15.9. The van der Waals surface area contributed by atoms with Gasteiger partial charge in [-0.05, 0) is 86.3 Å². The summed E-state index contributed by atoms with van der Waals surface area (Å²) in [5.74, 6) is 1.53. The molecule has 0 atom stereocenters. The third-order valence-electron chi connectivity index (χ3n) is 6.26. The van der Waals surface area contributed by atoms with Crippen LogP contribution in [0.1, 0.15) is 89.2 Å². The molecule has 2 saturated carbocycles. The first-order valence-corrected chi connectivity index (χ1v) is 10.0. The summed E-state index contributed by atoms with van der Waals surface area (Å²) >= 11 is 0. The first-order chi connectivity index (χ1) is 11.6. The molecule has 2 aliphatic carbocycles. The van der Waals surface area contributed by atoms with Gasteiger partial charge >= 0.3 is 0 Å². The van der Waals surface area contributed by atoms with Crippen molar-refractivity contribution in [2.24, 2.45) is 17.8 Å². The van der Waals surface area contributed by atoms with Crippen molar-refractivity contribution in [2.75, 3.05) is 0 Å². The van der Waals surface area contributed by atoms with Crippen molar-refractivity contribution in [3.63, 3.8) is 0 Å². The van der Waals surface area contributed by atoms with Crippen LogP contribution in [0.25, 0.3) is 0 Å². The van der Waals surface area contributed by atoms with Crippen molar-refractivity contribution in [1.29, 1.82) is 0 Å². The Morgan fingerprint density at radius 3 is 1.83 bits per heavy atom.